The minimum Gasteiger partial charge on any atom is -0.455 e. The van der Waals surface area contributed by atoms with E-state index >= 15 is 0 Å². The average molecular weight is 980 g/mol. The van der Waals surface area contributed by atoms with Crippen molar-refractivity contribution in [3.05, 3.63) is 106 Å². The van der Waals surface area contributed by atoms with Gasteiger partial charge in [0.2, 0.25) is 5.82 Å². The number of sulfonamides is 1. The standard InChI is InChI=1S/C50H61N9O8S2/c1-2-34-9-4-5-10-42(34)44-11-8-20-58(44)38-28-50(29-38)17-21-57(22-18-50)37-13-15-43(46(26-37)67-40-25-35-16-19-51-47(35)52-31-40)49(60)56-69(64,65)41-27-45(59(61)62)48(54-32-41)53-30-39-14-12-36(33-66-39)55-68(63)23-6-3-7-24-68/h4-5,9-10,13,15-16,19,25-27,31-32,36,38-39,44H,2-3,6-8,11-12,14,17-18,20-24,28-30,33H2,1H3,(H,51,52)(H,53,54)(H,56,60)/t36?,39?,44-/m1/s1. The molecule has 0 radical (unpaired) electrons. The highest BCUT2D eigenvalue weighted by molar-refractivity contribution is 7.93. The van der Waals surface area contributed by atoms with Gasteiger partial charge in [0.05, 0.1) is 41.6 Å². The van der Waals surface area contributed by atoms with E-state index in [0.717, 1.165) is 81.5 Å². The Morgan fingerprint density at radius 2 is 1.81 bits per heavy atom. The van der Waals surface area contributed by atoms with Crippen molar-refractivity contribution in [2.75, 3.05) is 54.5 Å². The first-order valence-corrected chi connectivity index (χ1v) is 27.8. The molecule has 69 heavy (non-hydrogen) atoms. The highest BCUT2D eigenvalue weighted by Crippen LogP contribution is 2.54. The SMILES string of the molecule is CCc1ccccc1[C@H]1CCCN1C1CC2(CCN(c3ccc(C(=O)NS(=O)(=O)c4cnc(NCC5CCC(N=S6(=O)CCCCC6)CO5)c([N+](=O)[O-])c4)c(Oc4cnc5[nH]ccc5c4)c3)CC2)C1. The van der Waals surface area contributed by atoms with E-state index in [-0.39, 0.29) is 35.8 Å². The topological polar surface area (TPSA) is 214 Å². The Morgan fingerprint density at radius 3 is 2.58 bits per heavy atom. The second kappa shape index (κ2) is 19.6. The van der Waals surface area contributed by atoms with Gasteiger partial charge in [0.1, 0.15) is 22.0 Å². The van der Waals surface area contributed by atoms with Crippen molar-refractivity contribution in [2.24, 2.45) is 9.78 Å². The Morgan fingerprint density at radius 1 is 1.00 bits per heavy atom. The summed E-state index contributed by atoms with van der Waals surface area (Å²) in [5.74, 6) is 0.612. The number of carbonyl (C=O) groups is 1. The first-order valence-electron chi connectivity index (χ1n) is 24.5. The van der Waals surface area contributed by atoms with E-state index < -0.39 is 41.2 Å². The predicted octanol–water partition coefficient (Wildman–Crippen LogP) is 8.54. The largest absolute Gasteiger partial charge is 0.455 e. The molecule has 1 saturated carbocycles. The maximum absolute atomic E-state index is 14.0. The number of carbonyl (C=O) groups excluding carboxylic acids is 1. The summed E-state index contributed by atoms with van der Waals surface area (Å²) < 4.78 is 59.8. The van der Waals surface area contributed by atoms with Gasteiger partial charge in [-0.2, -0.15) is 0 Å². The number of anilines is 2. The first kappa shape index (κ1) is 47.1. The van der Waals surface area contributed by atoms with Gasteiger partial charge in [0.25, 0.3) is 15.9 Å². The number of benzene rings is 2. The zero-order chi connectivity index (χ0) is 47.8. The van der Waals surface area contributed by atoms with Gasteiger partial charge < -0.3 is 24.7 Å². The summed E-state index contributed by atoms with van der Waals surface area (Å²) >= 11 is 0. The minimum absolute atomic E-state index is 0.0505. The number of likely N-dealkylation sites (tertiary alicyclic amines) is 1. The predicted molar refractivity (Wildman–Crippen MR) is 265 cm³/mol. The molecule has 1 amide bonds. The minimum atomic E-state index is -4.66. The maximum Gasteiger partial charge on any atom is 0.312 e. The number of nitrogens with one attached hydrogen (secondary N) is 3. The van der Waals surface area contributed by atoms with Crippen LogP contribution >= 0.6 is 0 Å². The number of aromatic amines is 1. The molecule has 366 valence electrons. The zero-order valence-corrected chi connectivity index (χ0v) is 40.6. The fourth-order valence-corrected chi connectivity index (χ4v) is 14.7. The molecule has 1 spiro atoms. The Balaban J connectivity index is 0.807. The van der Waals surface area contributed by atoms with Gasteiger partial charge in [-0.15, -0.1) is 0 Å². The molecule has 2 aromatic carbocycles. The fraction of sp³-hybridized carbons (Fsp3) is 0.500. The third kappa shape index (κ3) is 10.2. The number of H-pyrrole nitrogens is 1. The number of ether oxygens (including phenoxy) is 2. The van der Waals surface area contributed by atoms with Crippen molar-refractivity contribution >= 4 is 53.9 Å². The second-order valence-electron chi connectivity index (χ2n) is 19.5. The molecule has 7 heterocycles. The van der Waals surface area contributed by atoms with E-state index in [1.165, 1.54) is 43.0 Å². The molecule has 5 fully saturated rings. The molecule has 4 aliphatic heterocycles. The molecule has 3 aromatic heterocycles. The summed E-state index contributed by atoms with van der Waals surface area (Å²) in [5.41, 5.74) is 4.11. The third-order valence-electron chi connectivity index (χ3n) is 15.1. The molecule has 1 aliphatic carbocycles. The lowest BCUT2D eigenvalue weighted by Crippen LogP contribution is -2.54. The molecule has 4 saturated heterocycles. The lowest BCUT2D eigenvalue weighted by Gasteiger charge is -2.56. The Labute approximate surface area is 403 Å². The van der Waals surface area contributed by atoms with Crippen LogP contribution in [0.2, 0.25) is 0 Å². The van der Waals surface area contributed by atoms with Crippen LogP contribution in [-0.4, -0.2) is 106 Å². The van der Waals surface area contributed by atoms with Crippen molar-refractivity contribution in [3.63, 3.8) is 0 Å². The Bertz CT molecular complexity index is 2940. The van der Waals surface area contributed by atoms with Crippen LogP contribution in [0.5, 0.6) is 11.5 Å². The van der Waals surface area contributed by atoms with Crippen LogP contribution in [0, 0.1) is 15.5 Å². The number of hydrogen-bond donors (Lipinski definition) is 3. The number of rotatable bonds is 14. The van der Waals surface area contributed by atoms with E-state index in [0.29, 0.717) is 59.8 Å². The second-order valence-corrected chi connectivity index (χ2v) is 23.8. The summed E-state index contributed by atoms with van der Waals surface area (Å²) in [6, 6.07) is 19.5. The van der Waals surface area contributed by atoms with Crippen molar-refractivity contribution in [3.8, 4) is 11.5 Å². The summed E-state index contributed by atoms with van der Waals surface area (Å²) in [6.45, 7) is 5.53. The molecule has 0 bridgehead atoms. The fourth-order valence-electron chi connectivity index (χ4n) is 11.3. The van der Waals surface area contributed by atoms with Gasteiger partial charge in [-0.25, -0.2) is 31.7 Å². The van der Waals surface area contributed by atoms with Gasteiger partial charge in [-0.3, -0.25) is 19.8 Å². The number of amides is 1. The quantitative estimate of drug-likeness (QED) is 0.0704. The summed E-state index contributed by atoms with van der Waals surface area (Å²) in [4.78, 5) is 41.7. The van der Waals surface area contributed by atoms with E-state index in [2.05, 4.69) is 70.3 Å². The van der Waals surface area contributed by atoms with Crippen LogP contribution < -0.4 is 19.7 Å². The number of aromatic nitrogens is 3. The van der Waals surface area contributed by atoms with Crippen LogP contribution in [0.4, 0.5) is 17.2 Å². The van der Waals surface area contributed by atoms with E-state index in [1.807, 2.05) is 6.07 Å². The van der Waals surface area contributed by atoms with Gasteiger partial charge in [0.15, 0.2) is 0 Å². The van der Waals surface area contributed by atoms with Crippen molar-refractivity contribution in [2.45, 2.75) is 113 Å². The molecule has 5 aromatic rings. The summed E-state index contributed by atoms with van der Waals surface area (Å²) in [6.07, 6.45) is 16.1. The first-order chi connectivity index (χ1) is 33.4. The Kier molecular flexibility index (Phi) is 13.4. The van der Waals surface area contributed by atoms with Crippen molar-refractivity contribution < 1.29 is 31.8 Å². The van der Waals surface area contributed by atoms with E-state index in [4.69, 9.17) is 9.47 Å². The molecular weight excluding hydrogens is 919 g/mol. The highest BCUT2D eigenvalue weighted by atomic mass is 32.2. The number of aryl methyl sites for hydroxylation is 1. The molecule has 19 heteroatoms. The number of nitro groups is 1. The van der Waals surface area contributed by atoms with Gasteiger partial charge in [-0.05, 0) is 118 Å². The third-order valence-corrected chi connectivity index (χ3v) is 18.9. The number of nitrogens with zero attached hydrogens (tertiary/aromatic N) is 6. The number of piperidine rings is 1. The lowest BCUT2D eigenvalue weighted by molar-refractivity contribution is -0.384. The van der Waals surface area contributed by atoms with E-state index in [1.54, 1.807) is 30.5 Å². The van der Waals surface area contributed by atoms with Crippen LogP contribution in [0.1, 0.15) is 105 Å². The lowest BCUT2D eigenvalue weighted by atomic mass is 9.59. The molecule has 3 atom stereocenters. The Hall–Kier alpha value is -5.63. The van der Waals surface area contributed by atoms with Crippen LogP contribution in [0.15, 0.2) is 88.5 Å². The summed E-state index contributed by atoms with van der Waals surface area (Å²) in [5, 5.41) is 16.0. The van der Waals surface area contributed by atoms with Gasteiger partial charge in [-0.1, -0.05) is 37.6 Å². The zero-order valence-electron chi connectivity index (χ0n) is 39.0. The van der Waals surface area contributed by atoms with Gasteiger partial charge >= 0.3 is 5.69 Å². The van der Waals surface area contributed by atoms with Crippen molar-refractivity contribution in [1.29, 1.82) is 0 Å². The summed E-state index contributed by atoms with van der Waals surface area (Å²) in [7, 11) is -6.86. The molecule has 3 N–H and O–H groups in total. The number of hydrogen-bond acceptors (Lipinski definition) is 14. The molecule has 2 unspecified atom stereocenters. The highest BCUT2D eigenvalue weighted by Gasteiger charge is 2.50. The van der Waals surface area contributed by atoms with Crippen LogP contribution in [-0.2, 0) is 30.9 Å². The van der Waals surface area contributed by atoms with E-state index in [9.17, 15) is 27.5 Å². The number of fused-ring (bicyclic) bond motifs is 1. The van der Waals surface area contributed by atoms with Crippen LogP contribution in [0.25, 0.3) is 11.0 Å². The molecule has 10 rings (SSSR count). The van der Waals surface area contributed by atoms with Crippen LogP contribution in [0.3, 0.4) is 0 Å². The molecule has 5 aliphatic rings. The smallest absolute Gasteiger partial charge is 0.312 e. The number of pyridine rings is 2. The molecule has 17 nitrogen and oxygen atoms in total. The molecular formula is C50H61N9O8S2. The normalized spacial score (nSPS) is 22.8. The monoisotopic (exact) mass is 979 g/mol. The van der Waals surface area contributed by atoms with Gasteiger partial charge in [0, 0.05) is 82.4 Å². The van der Waals surface area contributed by atoms with Crippen molar-refractivity contribution in [1.82, 2.24) is 24.6 Å². The average Bonchev–Trinajstić information content (AvgIpc) is 4.03. The maximum atomic E-state index is 14.0.